The van der Waals surface area contributed by atoms with Crippen molar-refractivity contribution >= 4 is 11.4 Å². The van der Waals surface area contributed by atoms with E-state index in [2.05, 4.69) is 5.32 Å². The fraction of sp³-hybridized carbons (Fsp3) is 0.538. The maximum Gasteiger partial charge on any atom is 0.280 e. The minimum atomic E-state index is -0.631. The van der Waals surface area contributed by atoms with Gasteiger partial charge in [-0.15, -0.1) is 0 Å². The molecular formula is C13H15N3O5. The van der Waals surface area contributed by atoms with Crippen LogP contribution < -0.4 is 5.32 Å². The molecule has 1 aromatic rings. The molecule has 3 rings (SSSR count). The van der Waals surface area contributed by atoms with E-state index in [1.165, 1.54) is 12.1 Å². The summed E-state index contributed by atoms with van der Waals surface area (Å²) < 4.78 is 5.72. The zero-order valence-electron chi connectivity index (χ0n) is 11.2. The predicted molar refractivity (Wildman–Crippen MR) is 72.9 cm³/mol. The Labute approximate surface area is 120 Å². The molecule has 0 amide bonds. The quantitative estimate of drug-likeness (QED) is 0.656. The molecule has 2 bridgehead atoms. The number of fused-ring (bicyclic) bond motifs is 2. The number of hydrogen-bond acceptors (Lipinski definition) is 6. The second-order valence-corrected chi connectivity index (χ2v) is 5.42. The van der Waals surface area contributed by atoms with Crippen molar-refractivity contribution in [3.63, 3.8) is 0 Å². The van der Waals surface area contributed by atoms with Crippen molar-refractivity contribution < 1.29 is 14.6 Å². The van der Waals surface area contributed by atoms with Crippen molar-refractivity contribution in [2.45, 2.75) is 44.1 Å². The Kier molecular flexibility index (Phi) is 3.56. The number of nitrogens with one attached hydrogen (secondary N) is 1. The fourth-order valence-electron chi connectivity index (χ4n) is 3.08. The van der Waals surface area contributed by atoms with Gasteiger partial charge in [0.2, 0.25) is 0 Å². The molecule has 0 saturated carbocycles. The van der Waals surface area contributed by atoms with Crippen molar-refractivity contribution in [1.29, 1.82) is 0 Å². The summed E-state index contributed by atoms with van der Waals surface area (Å²) in [5.41, 5.74) is -0.0390. The van der Waals surface area contributed by atoms with Gasteiger partial charge in [-0.25, -0.2) is 0 Å². The summed E-state index contributed by atoms with van der Waals surface area (Å²) in [4.78, 5) is 20.5. The van der Waals surface area contributed by atoms with Crippen LogP contribution in [0, 0.1) is 20.2 Å². The highest BCUT2D eigenvalue weighted by molar-refractivity contribution is 5.49. The summed E-state index contributed by atoms with van der Waals surface area (Å²) in [6.07, 6.45) is 3.52. The van der Waals surface area contributed by atoms with Gasteiger partial charge in [-0.05, 0) is 25.3 Å². The third-order valence-corrected chi connectivity index (χ3v) is 4.14. The highest BCUT2D eigenvalue weighted by Gasteiger charge is 2.40. The number of nitro groups is 2. The van der Waals surface area contributed by atoms with Crippen LogP contribution in [0.3, 0.4) is 0 Å². The van der Waals surface area contributed by atoms with E-state index in [4.69, 9.17) is 4.74 Å². The smallest absolute Gasteiger partial charge is 0.280 e. The van der Waals surface area contributed by atoms with E-state index in [-0.39, 0.29) is 23.5 Å². The van der Waals surface area contributed by atoms with Crippen LogP contribution in [0.15, 0.2) is 18.2 Å². The molecule has 0 aliphatic carbocycles. The molecule has 1 N–H and O–H groups in total. The van der Waals surface area contributed by atoms with Crippen molar-refractivity contribution in [2.75, 3.05) is 0 Å². The van der Waals surface area contributed by atoms with E-state index in [9.17, 15) is 20.2 Å². The molecule has 8 heteroatoms. The highest BCUT2D eigenvalue weighted by atomic mass is 16.6. The Balaban J connectivity index is 1.72. The summed E-state index contributed by atoms with van der Waals surface area (Å²) in [7, 11) is 0. The Morgan fingerprint density at radius 3 is 2.62 bits per heavy atom. The Bertz CT molecular complexity index is 591. The Morgan fingerprint density at radius 1 is 1.24 bits per heavy atom. The summed E-state index contributed by atoms with van der Waals surface area (Å²) in [5, 5.41) is 25.0. The largest absolute Gasteiger partial charge is 0.373 e. The molecule has 2 aliphatic heterocycles. The van der Waals surface area contributed by atoms with Crippen LogP contribution in [0.5, 0.6) is 0 Å². The number of non-ortho nitro benzene ring substituents is 1. The number of benzene rings is 1. The molecule has 3 unspecified atom stereocenters. The van der Waals surface area contributed by atoms with Crippen LogP contribution in [0.1, 0.15) is 24.8 Å². The molecule has 2 fully saturated rings. The maximum atomic E-state index is 11.1. The van der Waals surface area contributed by atoms with E-state index in [0.29, 0.717) is 18.2 Å². The predicted octanol–water partition coefficient (Wildman–Crippen LogP) is 1.91. The number of nitrogens with zero attached hydrogens (tertiary/aromatic N) is 2. The monoisotopic (exact) mass is 293 g/mol. The molecular weight excluding hydrogens is 278 g/mol. The first-order chi connectivity index (χ1) is 10.0. The Morgan fingerprint density at radius 2 is 2.05 bits per heavy atom. The van der Waals surface area contributed by atoms with Gasteiger partial charge in [0.1, 0.15) is 0 Å². The van der Waals surface area contributed by atoms with Gasteiger partial charge in [-0.1, -0.05) is 0 Å². The highest BCUT2D eigenvalue weighted by Crippen LogP contribution is 2.34. The number of rotatable bonds is 5. The summed E-state index contributed by atoms with van der Waals surface area (Å²) in [5.74, 6) is 0. The van der Waals surface area contributed by atoms with Crippen LogP contribution in [-0.2, 0) is 11.3 Å². The molecule has 0 radical (unpaired) electrons. The van der Waals surface area contributed by atoms with E-state index in [1.54, 1.807) is 0 Å². The van der Waals surface area contributed by atoms with Gasteiger partial charge >= 0.3 is 0 Å². The lowest BCUT2D eigenvalue weighted by Crippen LogP contribution is -2.37. The summed E-state index contributed by atoms with van der Waals surface area (Å²) >= 11 is 0. The molecule has 0 aromatic heterocycles. The van der Waals surface area contributed by atoms with Crippen molar-refractivity contribution in [2.24, 2.45) is 0 Å². The third-order valence-electron chi connectivity index (χ3n) is 4.14. The van der Waals surface area contributed by atoms with Gasteiger partial charge in [-0.2, -0.15) is 0 Å². The van der Waals surface area contributed by atoms with Gasteiger partial charge < -0.3 is 10.1 Å². The minimum absolute atomic E-state index is 0.187. The first kappa shape index (κ1) is 13.9. The molecule has 112 valence electrons. The van der Waals surface area contributed by atoms with Crippen LogP contribution in [0.25, 0.3) is 0 Å². The van der Waals surface area contributed by atoms with Crippen LogP contribution in [-0.4, -0.2) is 28.1 Å². The summed E-state index contributed by atoms with van der Waals surface area (Å²) in [6.45, 7) is 0.311. The van der Waals surface area contributed by atoms with E-state index < -0.39 is 9.85 Å². The lowest BCUT2D eigenvalue weighted by molar-refractivity contribution is -0.394. The topological polar surface area (TPSA) is 108 Å². The lowest BCUT2D eigenvalue weighted by atomic mass is 9.95. The van der Waals surface area contributed by atoms with Crippen LogP contribution in [0.2, 0.25) is 0 Å². The zero-order valence-corrected chi connectivity index (χ0v) is 11.2. The van der Waals surface area contributed by atoms with Crippen molar-refractivity contribution in [3.05, 3.63) is 44.0 Å². The fourth-order valence-corrected chi connectivity index (χ4v) is 3.08. The van der Waals surface area contributed by atoms with Gasteiger partial charge in [0.05, 0.1) is 28.1 Å². The second kappa shape index (κ2) is 5.38. The molecule has 21 heavy (non-hydrogen) atoms. The zero-order chi connectivity index (χ0) is 15.0. The minimum Gasteiger partial charge on any atom is -0.373 e. The van der Waals surface area contributed by atoms with E-state index >= 15 is 0 Å². The average molecular weight is 293 g/mol. The van der Waals surface area contributed by atoms with Gasteiger partial charge in [0.25, 0.3) is 11.4 Å². The average Bonchev–Trinajstić information content (AvgIpc) is 3.07. The molecule has 2 saturated heterocycles. The maximum absolute atomic E-state index is 11.1. The molecule has 8 nitrogen and oxygen atoms in total. The third kappa shape index (κ3) is 2.72. The molecule has 1 aromatic carbocycles. The number of nitro benzene ring substituents is 2. The van der Waals surface area contributed by atoms with E-state index in [0.717, 1.165) is 25.3 Å². The number of hydrogen-bond donors (Lipinski definition) is 1. The summed E-state index contributed by atoms with van der Waals surface area (Å²) in [6, 6.07) is 3.95. The SMILES string of the molecule is O=[N+]([O-])c1ccc(CNC2CC3CCC2O3)c([N+](=O)[O-])c1. The van der Waals surface area contributed by atoms with Gasteiger partial charge in [0.15, 0.2) is 0 Å². The molecule has 2 heterocycles. The molecule has 2 aliphatic rings. The van der Waals surface area contributed by atoms with Gasteiger partial charge in [-0.3, -0.25) is 20.2 Å². The number of ether oxygens (including phenoxy) is 1. The molecule has 0 spiro atoms. The van der Waals surface area contributed by atoms with Crippen LogP contribution in [0.4, 0.5) is 11.4 Å². The van der Waals surface area contributed by atoms with Crippen molar-refractivity contribution in [1.82, 2.24) is 5.32 Å². The molecule has 3 atom stereocenters. The first-order valence-electron chi connectivity index (χ1n) is 6.85. The first-order valence-corrected chi connectivity index (χ1v) is 6.85. The van der Waals surface area contributed by atoms with Crippen molar-refractivity contribution in [3.8, 4) is 0 Å². The lowest BCUT2D eigenvalue weighted by Gasteiger charge is -2.20. The standard InChI is InChI=1S/C13H15N3O5/c17-15(18)9-2-1-8(12(5-9)16(19)20)7-14-11-6-10-3-4-13(11)21-10/h1-2,5,10-11,13-14H,3-4,6-7H2. The van der Waals surface area contributed by atoms with Crippen LogP contribution >= 0.6 is 0 Å². The Hall–Kier alpha value is -2.06. The van der Waals surface area contributed by atoms with Gasteiger partial charge in [0, 0.05) is 24.2 Å². The normalized spacial score (nSPS) is 27.0. The second-order valence-electron chi connectivity index (χ2n) is 5.42. The van der Waals surface area contributed by atoms with E-state index in [1.807, 2.05) is 0 Å².